The number of pyridine rings is 2. The summed E-state index contributed by atoms with van der Waals surface area (Å²) in [4.78, 5) is 22.7. The number of aromatic nitrogens is 2. The quantitative estimate of drug-likeness (QED) is 0.535. The third-order valence-electron chi connectivity index (χ3n) is 4.37. The highest BCUT2D eigenvalue weighted by molar-refractivity contribution is 7.21. The summed E-state index contributed by atoms with van der Waals surface area (Å²) in [6.45, 7) is 1.93. The van der Waals surface area contributed by atoms with E-state index < -0.39 is 0 Å². The summed E-state index contributed by atoms with van der Waals surface area (Å²) in [6, 6.07) is 13.0. The lowest BCUT2D eigenvalue weighted by atomic mass is 10.0. The van der Waals surface area contributed by atoms with Crippen molar-refractivity contribution in [1.29, 1.82) is 0 Å². The number of carbonyl (C=O) groups excluding carboxylic acids is 1. The van der Waals surface area contributed by atoms with Crippen molar-refractivity contribution >= 4 is 38.8 Å². The second-order valence-corrected chi connectivity index (χ2v) is 7.25. The van der Waals surface area contributed by atoms with Gasteiger partial charge in [0.05, 0.1) is 12.8 Å². The molecular weight excluding hydrogens is 372 g/mol. The van der Waals surface area contributed by atoms with E-state index in [-0.39, 0.29) is 5.91 Å². The first-order valence-corrected chi connectivity index (χ1v) is 9.44. The minimum Gasteiger partial charge on any atom is -0.497 e. The minimum absolute atomic E-state index is 0.260. The third kappa shape index (κ3) is 3.27. The molecule has 140 valence electrons. The zero-order valence-electron chi connectivity index (χ0n) is 15.4. The minimum atomic E-state index is -0.260. The number of nitrogen functional groups attached to an aromatic ring is 1. The largest absolute Gasteiger partial charge is 0.497 e. The average Bonchev–Trinajstić information content (AvgIpc) is 3.05. The molecule has 3 aromatic heterocycles. The van der Waals surface area contributed by atoms with Crippen molar-refractivity contribution < 1.29 is 9.53 Å². The van der Waals surface area contributed by atoms with Gasteiger partial charge < -0.3 is 15.8 Å². The van der Waals surface area contributed by atoms with Gasteiger partial charge in [0.25, 0.3) is 5.91 Å². The van der Waals surface area contributed by atoms with Gasteiger partial charge in [-0.25, -0.2) is 4.98 Å². The number of rotatable bonds is 4. The van der Waals surface area contributed by atoms with Gasteiger partial charge >= 0.3 is 0 Å². The number of nitrogens with one attached hydrogen (secondary N) is 1. The Morgan fingerprint density at radius 1 is 1.14 bits per heavy atom. The van der Waals surface area contributed by atoms with Gasteiger partial charge in [0.1, 0.15) is 15.5 Å². The molecule has 4 rings (SSSR count). The molecule has 7 heteroatoms. The number of hydrogen-bond donors (Lipinski definition) is 2. The summed E-state index contributed by atoms with van der Waals surface area (Å²) in [5.41, 5.74) is 10.3. The van der Waals surface area contributed by atoms with Crippen molar-refractivity contribution in [3.05, 3.63) is 65.4 Å². The standard InChI is InChI=1S/C21H18N4O2S/c1-12-11-16(13-7-9-23-10-8-13)17-18(22)19(28-21(17)24-12)20(26)25-14-3-5-15(27-2)6-4-14/h3-11H,22H2,1-2H3,(H,25,26). The molecule has 0 aliphatic carbocycles. The van der Waals surface area contributed by atoms with Crippen LogP contribution in [-0.4, -0.2) is 23.0 Å². The number of thiophene rings is 1. The molecule has 0 unspecified atom stereocenters. The fourth-order valence-corrected chi connectivity index (χ4v) is 4.09. The van der Waals surface area contributed by atoms with Gasteiger partial charge in [-0.05, 0) is 60.5 Å². The van der Waals surface area contributed by atoms with Crippen molar-refractivity contribution in [3.63, 3.8) is 0 Å². The predicted octanol–water partition coefficient (Wildman–Crippen LogP) is 4.51. The van der Waals surface area contributed by atoms with E-state index in [0.717, 1.165) is 32.8 Å². The number of anilines is 2. The van der Waals surface area contributed by atoms with Crippen LogP contribution in [0.4, 0.5) is 11.4 Å². The highest BCUT2D eigenvalue weighted by atomic mass is 32.1. The predicted molar refractivity (Wildman–Crippen MR) is 113 cm³/mol. The first-order valence-electron chi connectivity index (χ1n) is 8.62. The molecule has 0 saturated carbocycles. The maximum Gasteiger partial charge on any atom is 0.267 e. The number of amides is 1. The zero-order valence-corrected chi connectivity index (χ0v) is 16.2. The van der Waals surface area contributed by atoms with Gasteiger partial charge in [0.2, 0.25) is 0 Å². The molecule has 0 aliphatic rings. The molecule has 1 aromatic carbocycles. The second-order valence-electron chi connectivity index (χ2n) is 6.25. The van der Waals surface area contributed by atoms with E-state index >= 15 is 0 Å². The number of ether oxygens (including phenoxy) is 1. The van der Waals surface area contributed by atoms with Gasteiger partial charge in [-0.3, -0.25) is 9.78 Å². The molecule has 3 N–H and O–H groups in total. The molecular formula is C21H18N4O2S. The number of benzene rings is 1. The molecule has 0 bridgehead atoms. The van der Waals surface area contributed by atoms with E-state index in [1.54, 1.807) is 43.8 Å². The van der Waals surface area contributed by atoms with Crippen LogP contribution in [0.5, 0.6) is 5.75 Å². The molecule has 0 atom stereocenters. The van der Waals surface area contributed by atoms with Crippen LogP contribution in [0.3, 0.4) is 0 Å². The Balaban J connectivity index is 1.76. The van der Waals surface area contributed by atoms with Crippen molar-refractivity contribution in [2.75, 3.05) is 18.2 Å². The lowest BCUT2D eigenvalue weighted by Gasteiger charge is -2.07. The number of methoxy groups -OCH3 is 1. The number of nitrogens with two attached hydrogens (primary N) is 1. The van der Waals surface area contributed by atoms with Crippen molar-refractivity contribution in [3.8, 4) is 16.9 Å². The second kappa shape index (κ2) is 7.28. The van der Waals surface area contributed by atoms with E-state index in [1.165, 1.54) is 11.3 Å². The van der Waals surface area contributed by atoms with Gasteiger partial charge in [0, 0.05) is 29.2 Å². The van der Waals surface area contributed by atoms with Crippen molar-refractivity contribution in [2.24, 2.45) is 0 Å². The molecule has 0 saturated heterocycles. The molecule has 4 aromatic rings. The molecule has 0 spiro atoms. The van der Waals surface area contributed by atoms with Crippen molar-refractivity contribution in [2.45, 2.75) is 6.92 Å². The Morgan fingerprint density at radius 3 is 2.54 bits per heavy atom. The zero-order chi connectivity index (χ0) is 19.7. The fraction of sp³-hybridized carbons (Fsp3) is 0.0952. The smallest absolute Gasteiger partial charge is 0.267 e. The Morgan fingerprint density at radius 2 is 1.86 bits per heavy atom. The van der Waals surface area contributed by atoms with E-state index in [2.05, 4.69) is 15.3 Å². The molecule has 0 fully saturated rings. The molecule has 6 nitrogen and oxygen atoms in total. The Hall–Kier alpha value is -3.45. The fourth-order valence-electron chi connectivity index (χ4n) is 3.03. The van der Waals surface area contributed by atoms with Crippen LogP contribution < -0.4 is 15.8 Å². The summed E-state index contributed by atoms with van der Waals surface area (Å²) >= 11 is 1.29. The summed E-state index contributed by atoms with van der Waals surface area (Å²) in [5.74, 6) is 0.463. The number of nitrogens with zero attached hydrogens (tertiary/aromatic N) is 2. The molecule has 28 heavy (non-hydrogen) atoms. The van der Waals surface area contributed by atoms with Crippen LogP contribution in [-0.2, 0) is 0 Å². The Bertz CT molecular complexity index is 1150. The summed E-state index contributed by atoms with van der Waals surface area (Å²) in [7, 11) is 1.60. The number of fused-ring (bicyclic) bond motifs is 1. The van der Waals surface area contributed by atoms with Crippen LogP contribution in [0.25, 0.3) is 21.3 Å². The summed E-state index contributed by atoms with van der Waals surface area (Å²) < 4.78 is 5.14. The Labute approximate surface area is 166 Å². The molecule has 0 aliphatic heterocycles. The van der Waals surface area contributed by atoms with Gasteiger partial charge in [-0.1, -0.05) is 0 Å². The summed E-state index contributed by atoms with van der Waals surface area (Å²) in [5, 5.41) is 3.68. The van der Waals surface area contributed by atoms with Gasteiger partial charge in [-0.15, -0.1) is 11.3 Å². The summed E-state index contributed by atoms with van der Waals surface area (Å²) in [6.07, 6.45) is 3.47. The number of carbonyl (C=O) groups is 1. The maximum absolute atomic E-state index is 12.8. The number of aryl methyl sites for hydroxylation is 1. The van der Waals surface area contributed by atoms with Gasteiger partial charge in [-0.2, -0.15) is 0 Å². The van der Waals surface area contributed by atoms with Crippen LogP contribution >= 0.6 is 11.3 Å². The SMILES string of the molecule is COc1ccc(NC(=O)c2sc3nc(C)cc(-c4ccncc4)c3c2N)cc1. The van der Waals surface area contributed by atoms with E-state index in [1.807, 2.05) is 25.1 Å². The molecule has 1 amide bonds. The highest BCUT2D eigenvalue weighted by Crippen LogP contribution is 2.39. The van der Waals surface area contributed by atoms with Gasteiger partial charge in [0.15, 0.2) is 0 Å². The number of hydrogen-bond acceptors (Lipinski definition) is 6. The van der Waals surface area contributed by atoms with E-state index in [0.29, 0.717) is 16.3 Å². The van der Waals surface area contributed by atoms with E-state index in [4.69, 9.17) is 10.5 Å². The maximum atomic E-state index is 12.8. The molecule has 3 heterocycles. The third-order valence-corrected chi connectivity index (χ3v) is 5.47. The lowest BCUT2D eigenvalue weighted by molar-refractivity contribution is 0.103. The molecule has 0 radical (unpaired) electrons. The van der Waals surface area contributed by atoms with Crippen LogP contribution in [0, 0.1) is 6.92 Å². The lowest BCUT2D eigenvalue weighted by Crippen LogP contribution is -2.11. The topological polar surface area (TPSA) is 90.1 Å². The van der Waals surface area contributed by atoms with Crippen LogP contribution in [0.1, 0.15) is 15.4 Å². The highest BCUT2D eigenvalue weighted by Gasteiger charge is 2.21. The van der Waals surface area contributed by atoms with E-state index in [9.17, 15) is 4.79 Å². The average molecular weight is 390 g/mol. The monoisotopic (exact) mass is 390 g/mol. The first-order chi connectivity index (χ1) is 13.6. The van der Waals surface area contributed by atoms with Crippen LogP contribution in [0.15, 0.2) is 54.9 Å². The Kier molecular flexibility index (Phi) is 4.67. The first kappa shape index (κ1) is 17.9. The van der Waals surface area contributed by atoms with Crippen molar-refractivity contribution in [1.82, 2.24) is 9.97 Å². The van der Waals surface area contributed by atoms with Crippen LogP contribution in [0.2, 0.25) is 0 Å². The normalized spacial score (nSPS) is 10.8.